The van der Waals surface area contributed by atoms with E-state index in [0.717, 1.165) is 0 Å². The molecule has 106 valence electrons. The summed E-state index contributed by atoms with van der Waals surface area (Å²) in [6, 6.07) is 0. The summed E-state index contributed by atoms with van der Waals surface area (Å²) in [5, 5.41) is 21.6. The number of hydrogen-bond donors (Lipinski definition) is 3. The molecule has 0 saturated heterocycles. The Labute approximate surface area is 109 Å². The van der Waals surface area contributed by atoms with Crippen LogP contribution in [0.25, 0.3) is 0 Å². The number of rotatable bonds is 6. The Morgan fingerprint density at radius 3 is 2.39 bits per heavy atom. The highest BCUT2D eigenvalue weighted by Gasteiger charge is 2.28. The molecule has 18 heavy (non-hydrogen) atoms. The Kier molecular flexibility index (Phi) is 6.35. The zero-order valence-electron chi connectivity index (χ0n) is 11.7. The lowest BCUT2D eigenvalue weighted by atomic mass is 9.83. The van der Waals surface area contributed by atoms with Crippen molar-refractivity contribution in [3.63, 3.8) is 0 Å². The van der Waals surface area contributed by atoms with Crippen molar-refractivity contribution in [2.24, 2.45) is 5.41 Å². The van der Waals surface area contributed by atoms with E-state index in [1.807, 2.05) is 0 Å². The van der Waals surface area contributed by atoms with Crippen LogP contribution in [-0.4, -0.2) is 41.2 Å². The molecule has 0 radical (unpaired) electrons. The highest BCUT2D eigenvalue weighted by atomic mass is 16.6. The van der Waals surface area contributed by atoms with Gasteiger partial charge in [0.2, 0.25) is 0 Å². The van der Waals surface area contributed by atoms with Gasteiger partial charge in [-0.25, -0.2) is 4.79 Å². The van der Waals surface area contributed by atoms with Gasteiger partial charge < -0.3 is 20.3 Å². The number of amides is 1. The maximum atomic E-state index is 11.3. The summed E-state index contributed by atoms with van der Waals surface area (Å²) in [4.78, 5) is 11.3. The minimum atomic E-state index is -0.769. The molecule has 0 aromatic heterocycles. The largest absolute Gasteiger partial charge is 0.444 e. The smallest absolute Gasteiger partial charge is 0.407 e. The van der Waals surface area contributed by atoms with Crippen LogP contribution in [0.2, 0.25) is 0 Å². The van der Waals surface area contributed by atoms with Crippen molar-refractivity contribution < 1.29 is 19.7 Å². The van der Waals surface area contributed by atoms with Gasteiger partial charge in [-0.2, -0.15) is 0 Å². The van der Waals surface area contributed by atoms with Crippen molar-refractivity contribution in [3.05, 3.63) is 12.7 Å². The van der Waals surface area contributed by atoms with Gasteiger partial charge in [-0.3, -0.25) is 0 Å². The molecule has 1 amide bonds. The molecule has 0 fully saturated rings. The van der Waals surface area contributed by atoms with Gasteiger partial charge in [-0.1, -0.05) is 13.0 Å². The second-order valence-electron chi connectivity index (χ2n) is 5.60. The number of nitrogens with one attached hydrogen (secondary N) is 1. The third-order valence-electron chi connectivity index (χ3n) is 2.65. The zero-order chi connectivity index (χ0) is 14.4. The Hall–Kier alpha value is -1.07. The third kappa shape index (κ3) is 6.02. The second kappa shape index (κ2) is 6.75. The SMILES string of the molecule is C=C[C@](C)(CO)[C@H](O)CCNC(=O)OC(C)(C)C. The molecule has 0 unspecified atom stereocenters. The minimum absolute atomic E-state index is 0.190. The number of ether oxygens (including phenoxy) is 1. The van der Waals surface area contributed by atoms with Crippen LogP contribution in [0.3, 0.4) is 0 Å². The fourth-order valence-electron chi connectivity index (χ4n) is 1.26. The van der Waals surface area contributed by atoms with Crippen molar-refractivity contribution >= 4 is 6.09 Å². The number of aliphatic hydroxyl groups excluding tert-OH is 2. The van der Waals surface area contributed by atoms with E-state index in [2.05, 4.69) is 11.9 Å². The molecule has 0 rings (SSSR count). The predicted octanol–water partition coefficient (Wildman–Crippen LogP) is 1.45. The number of carbonyl (C=O) groups is 1. The van der Waals surface area contributed by atoms with E-state index in [9.17, 15) is 15.0 Å². The highest BCUT2D eigenvalue weighted by Crippen LogP contribution is 2.23. The normalized spacial score (nSPS) is 16.6. The Morgan fingerprint density at radius 1 is 1.44 bits per heavy atom. The molecule has 5 heteroatoms. The quantitative estimate of drug-likeness (QED) is 0.631. The van der Waals surface area contributed by atoms with Crippen molar-refractivity contribution in [3.8, 4) is 0 Å². The fourth-order valence-corrected chi connectivity index (χ4v) is 1.26. The molecule has 0 aromatic rings. The Balaban J connectivity index is 4.05. The highest BCUT2D eigenvalue weighted by molar-refractivity contribution is 5.67. The minimum Gasteiger partial charge on any atom is -0.444 e. The summed E-state index contributed by atoms with van der Waals surface area (Å²) in [6.45, 7) is 10.7. The molecule has 5 nitrogen and oxygen atoms in total. The first kappa shape index (κ1) is 16.9. The molecular formula is C13H25NO4. The van der Waals surface area contributed by atoms with Crippen LogP contribution >= 0.6 is 0 Å². The monoisotopic (exact) mass is 259 g/mol. The molecule has 0 aliphatic heterocycles. The molecule has 0 saturated carbocycles. The number of hydrogen-bond acceptors (Lipinski definition) is 4. The first-order chi connectivity index (χ1) is 8.14. The first-order valence-electron chi connectivity index (χ1n) is 6.04. The molecule has 0 aromatic carbocycles. The van der Waals surface area contributed by atoms with Crippen LogP contribution in [0.5, 0.6) is 0 Å². The number of aliphatic hydroxyl groups is 2. The van der Waals surface area contributed by atoms with E-state index in [1.54, 1.807) is 27.7 Å². The summed E-state index contributed by atoms with van der Waals surface area (Å²) in [6.07, 6.45) is 0.557. The second-order valence-corrected chi connectivity index (χ2v) is 5.60. The van der Waals surface area contributed by atoms with Crippen molar-refractivity contribution in [1.82, 2.24) is 5.32 Å². The summed E-state index contributed by atoms with van der Waals surface area (Å²) in [5.74, 6) is 0. The molecule has 0 bridgehead atoms. The molecular weight excluding hydrogens is 234 g/mol. The van der Waals surface area contributed by atoms with E-state index in [1.165, 1.54) is 6.08 Å². The molecule has 0 aliphatic carbocycles. The van der Waals surface area contributed by atoms with Crippen LogP contribution < -0.4 is 5.32 Å². The van der Waals surface area contributed by atoms with Gasteiger partial charge in [-0.05, 0) is 27.2 Å². The van der Waals surface area contributed by atoms with Crippen LogP contribution in [0.4, 0.5) is 4.79 Å². The van der Waals surface area contributed by atoms with Crippen molar-refractivity contribution in [2.75, 3.05) is 13.2 Å². The molecule has 2 atom stereocenters. The van der Waals surface area contributed by atoms with E-state index >= 15 is 0 Å². The maximum Gasteiger partial charge on any atom is 0.407 e. The van der Waals surface area contributed by atoms with E-state index in [-0.39, 0.29) is 13.2 Å². The van der Waals surface area contributed by atoms with Gasteiger partial charge in [0.25, 0.3) is 0 Å². The summed E-state index contributed by atoms with van der Waals surface area (Å²) < 4.78 is 5.06. The van der Waals surface area contributed by atoms with Crippen LogP contribution in [0.1, 0.15) is 34.1 Å². The van der Waals surface area contributed by atoms with Crippen molar-refractivity contribution in [2.45, 2.75) is 45.8 Å². The van der Waals surface area contributed by atoms with E-state index < -0.39 is 23.2 Å². The van der Waals surface area contributed by atoms with Crippen LogP contribution in [0, 0.1) is 5.41 Å². The van der Waals surface area contributed by atoms with Gasteiger partial charge in [0.15, 0.2) is 0 Å². The van der Waals surface area contributed by atoms with Crippen LogP contribution in [-0.2, 0) is 4.74 Å². The van der Waals surface area contributed by atoms with Gasteiger partial charge in [-0.15, -0.1) is 6.58 Å². The van der Waals surface area contributed by atoms with Gasteiger partial charge >= 0.3 is 6.09 Å². The summed E-state index contributed by atoms with van der Waals surface area (Å²) in [7, 11) is 0. The average molecular weight is 259 g/mol. The number of carbonyl (C=O) groups excluding carboxylic acids is 1. The van der Waals surface area contributed by atoms with Gasteiger partial charge in [0.05, 0.1) is 12.7 Å². The van der Waals surface area contributed by atoms with E-state index in [4.69, 9.17) is 4.74 Å². The maximum absolute atomic E-state index is 11.3. The molecule has 3 N–H and O–H groups in total. The lowest BCUT2D eigenvalue weighted by Gasteiger charge is -2.29. The molecule has 0 spiro atoms. The first-order valence-corrected chi connectivity index (χ1v) is 6.04. The topological polar surface area (TPSA) is 78.8 Å². The summed E-state index contributed by atoms with van der Waals surface area (Å²) in [5.41, 5.74) is -1.29. The lowest BCUT2D eigenvalue weighted by Crippen LogP contribution is -2.38. The number of alkyl carbamates (subject to hydrolysis) is 1. The zero-order valence-corrected chi connectivity index (χ0v) is 11.7. The fraction of sp³-hybridized carbons (Fsp3) is 0.769. The van der Waals surface area contributed by atoms with Crippen molar-refractivity contribution in [1.29, 1.82) is 0 Å². The lowest BCUT2D eigenvalue weighted by molar-refractivity contribution is 0.0210. The third-order valence-corrected chi connectivity index (χ3v) is 2.65. The summed E-state index contributed by atoms with van der Waals surface area (Å²) >= 11 is 0. The predicted molar refractivity (Wildman–Crippen MR) is 70.3 cm³/mol. The van der Waals surface area contributed by atoms with Gasteiger partial charge in [0.1, 0.15) is 5.60 Å². The Bertz CT molecular complexity index is 285. The molecule has 0 heterocycles. The molecule has 0 aliphatic rings. The van der Waals surface area contributed by atoms with Gasteiger partial charge in [0, 0.05) is 12.0 Å². The standard InChI is InChI=1S/C13H25NO4/c1-6-13(5,9-15)10(16)7-8-14-11(17)18-12(2,3)4/h6,10,15-16H,1,7-9H2,2-5H3,(H,14,17)/t10-,13-/m1/s1. The van der Waals surface area contributed by atoms with E-state index in [0.29, 0.717) is 6.42 Å². The average Bonchev–Trinajstić information content (AvgIpc) is 2.25. The van der Waals surface area contributed by atoms with Crippen LogP contribution in [0.15, 0.2) is 12.7 Å². The Morgan fingerprint density at radius 2 is 2.00 bits per heavy atom.